The van der Waals surface area contributed by atoms with Gasteiger partial charge in [-0.15, -0.1) is 11.3 Å². The van der Waals surface area contributed by atoms with Crippen LogP contribution >= 0.6 is 11.3 Å². The second kappa shape index (κ2) is 5.56. The van der Waals surface area contributed by atoms with Crippen molar-refractivity contribution in [3.05, 3.63) is 34.1 Å². The third-order valence-corrected chi connectivity index (χ3v) is 5.64. The smallest absolute Gasteiger partial charge is 0.337 e. The SMILES string of the molecule is CNCc1occc1-c1sc2c(c1C(=O)O)CC(C)(C)CC2. The number of aryl methyl sites for hydroxylation is 1. The van der Waals surface area contributed by atoms with E-state index in [1.807, 2.05) is 13.1 Å². The van der Waals surface area contributed by atoms with Crippen LogP contribution in [0.1, 0.15) is 46.8 Å². The van der Waals surface area contributed by atoms with Gasteiger partial charge in [0.25, 0.3) is 0 Å². The molecule has 0 bridgehead atoms. The fraction of sp³-hybridized carbons (Fsp3) is 0.471. The normalized spacial score (nSPS) is 16.5. The summed E-state index contributed by atoms with van der Waals surface area (Å²) in [6, 6.07) is 1.88. The average Bonchev–Trinajstić information content (AvgIpc) is 3.01. The van der Waals surface area contributed by atoms with Crippen molar-refractivity contribution in [1.29, 1.82) is 0 Å². The van der Waals surface area contributed by atoms with E-state index in [9.17, 15) is 9.90 Å². The fourth-order valence-corrected chi connectivity index (χ4v) is 4.53. The van der Waals surface area contributed by atoms with Gasteiger partial charge in [0.05, 0.1) is 23.2 Å². The summed E-state index contributed by atoms with van der Waals surface area (Å²) in [4.78, 5) is 14.0. The van der Waals surface area contributed by atoms with Crippen LogP contribution in [-0.4, -0.2) is 18.1 Å². The maximum atomic E-state index is 11.9. The van der Waals surface area contributed by atoms with Gasteiger partial charge in [0.1, 0.15) is 5.76 Å². The number of carboxylic acid groups (broad SMARTS) is 1. The molecule has 0 saturated carbocycles. The lowest BCUT2D eigenvalue weighted by Crippen LogP contribution is -2.22. The molecule has 0 atom stereocenters. The van der Waals surface area contributed by atoms with Crippen LogP contribution < -0.4 is 5.32 Å². The molecule has 1 aliphatic carbocycles. The molecule has 0 amide bonds. The van der Waals surface area contributed by atoms with Gasteiger partial charge in [-0.2, -0.15) is 0 Å². The zero-order valence-electron chi connectivity index (χ0n) is 13.2. The van der Waals surface area contributed by atoms with E-state index in [-0.39, 0.29) is 5.41 Å². The standard InChI is InChI=1S/C17H21NO3S/c1-17(2)6-4-13-11(8-17)14(16(19)20)15(22-13)10-5-7-21-12(10)9-18-3/h5,7,18H,4,6,8-9H2,1-3H3,(H,19,20). The highest BCUT2D eigenvalue weighted by atomic mass is 32.1. The summed E-state index contributed by atoms with van der Waals surface area (Å²) in [5.74, 6) is -0.0373. The lowest BCUT2D eigenvalue weighted by Gasteiger charge is -2.29. The molecule has 0 fully saturated rings. The molecule has 5 heteroatoms. The van der Waals surface area contributed by atoms with Gasteiger partial charge in [0.15, 0.2) is 0 Å². The summed E-state index contributed by atoms with van der Waals surface area (Å²) in [6.07, 6.45) is 4.54. The van der Waals surface area contributed by atoms with E-state index in [4.69, 9.17) is 4.42 Å². The molecule has 0 saturated heterocycles. The molecule has 1 aliphatic rings. The monoisotopic (exact) mass is 319 g/mol. The molecule has 2 aromatic heterocycles. The van der Waals surface area contributed by atoms with E-state index < -0.39 is 5.97 Å². The van der Waals surface area contributed by atoms with Gasteiger partial charge in [-0.25, -0.2) is 4.79 Å². The first-order chi connectivity index (χ1) is 10.4. The molecule has 3 rings (SSSR count). The number of carbonyl (C=O) groups is 1. The van der Waals surface area contributed by atoms with Crippen LogP contribution in [0.2, 0.25) is 0 Å². The van der Waals surface area contributed by atoms with Crippen LogP contribution in [0, 0.1) is 5.41 Å². The Balaban J connectivity index is 2.15. The molecule has 0 aliphatic heterocycles. The Labute approximate surface area is 134 Å². The molecule has 2 N–H and O–H groups in total. The Kier molecular flexibility index (Phi) is 3.87. The number of carboxylic acids is 1. The molecular weight excluding hydrogens is 298 g/mol. The maximum Gasteiger partial charge on any atom is 0.337 e. The third kappa shape index (κ3) is 2.59. The Hall–Kier alpha value is -1.59. The van der Waals surface area contributed by atoms with Gasteiger partial charge in [-0.3, -0.25) is 0 Å². The van der Waals surface area contributed by atoms with Crippen LogP contribution in [0.5, 0.6) is 0 Å². The number of aromatic carboxylic acids is 1. The molecule has 0 spiro atoms. The van der Waals surface area contributed by atoms with Gasteiger partial charge in [0.2, 0.25) is 0 Å². The predicted octanol–water partition coefficient (Wildman–Crippen LogP) is 3.94. The number of rotatable bonds is 4. The quantitative estimate of drug-likeness (QED) is 0.896. The van der Waals surface area contributed by atoms with Gasteiger partial charge < -0.3 is 14.8 Å². The highest BCUT2D eigenvalue weighted by Gasteiger charge is 2.33. The van der Waals surface area contributed by atoms with Crippen molar-refractivity contribution in [1.82, 2.24) is 5.32 Å². The maximum absolute atomic E-state index is 11.9. The van der Waals surface area contributed by atoms with Crippen molar-refractivity contribution < 1.29 is 14.3 Å². The topological polar surface area (TPSA) is 62.5 Å². The van der Waals surface area contributed by atoms with Crippen LogP contribution in [0.15, 0.2) is 16.7 Å². The average molecular weight is 319 g/mol. The molecule has 2 aromatic rings. The van der Waals surface area contributed by atoms with Crippen LogP contribution in [-0.2, 0) is 19.4 Å². The summed E-state index contributed by atoms with van der Waals surface area (Å²) in [5, 5.41) is 12.8. The molecule has 0 radical (unpaired) electrons. The Morgan fingerprint density at radius 3 is 2.95 bits per heavy atom. The largest absolute Gasteiger partial charge is 0.478 e. The first-order valence-corrected chi connectivity index (χ1v) is 8.34. The zero-order chi connectivity index (χ0) is 15.9. The number of hydrogen-bond acceptors (Lipinski definition) is 4. The molecular formula is C17H21NO3S. The molecule has 2 heterocycles. The van der Waals surface area contributed by atoms with Gasteiger partial charge in [-0.1, -0.05) is 13.8 Å². The molecule has 118 valence electrons. The van der Waals surface area contributed by atoms with Crippen molar-refractivity contribution in [2.75, 3.05) is 7.05 Å². The predicted molar refractivity (Wildman–Crippen MR) is 87.6 cm³/mol. The van der Waals surface area contributed by atoms with Crippen LogP contribution in [0.4, 0.5) is 0 Å². The number of hydrogen-bond donors (Lipinski definition) is 2. The molecule has 4 nitrogen and oxygen atoms in total. The van der Waals surface area contributed by atoms with Crippen molar-refractivity contribution in [3.8, 4) is 10.4 Å². The molecule has 0 aromatic carbocycles. The highest BCUT2D eigenvalue weighted by Crippen LogP contribution is 2.45. The first kappa shape index (κ1) is 15.3. The summed E-state index contributed by atoms with van der Waals surface area (Å²) in [7, 11) is 1.85. The van der Waals surface area contributed by atoms with Gasteiger partial charge >= 0.3 is 5.97 Å². The minimum absolute atomic E-state index is 0.166. The number of furan rings is 1. The number of thiophene rings is 1. The minimum Gasteiger partial charge on any atom is -0.478 e. The highest BCUT2D eigenvalue weighted by molar-refractivity contribution is 7.16. The van der Waals surface area contributed by atoms with E-state index in [0.29, 0.717) is 12.1 Å². The second-order valence-corrected chi connectivity index (χ2v) is 7.75. The fourth-order valence-electron chi connectivity index (χ4n) is 3.18. The third-order valence-electron chi connectivity index (χ3n) is 4.32. The molecule has 22 heavy (non-hydrogen) atoms. The molecule has 0 unspecified atom stereocenters. The van der Waals surface area contributed by atoms with Crippen LogP contribution in [0.3, 0.4) is 0 Å². The lowest BCUT2D eigenvalue weighted by atomic mass is 9.76. The Morgan fingerprint density at radius 2 is 2.27 bits per heavy atom. The minimum atomic E-state index is -0.832. The van der Waals surface area contributed by atoms with Crippen LogP contribution in [0.25, 0.3) is 10.4 Å². The van der Waals surface area contributed by atoms with Crippen molar-refractivity contribution in [2.24, 2.45) is 5.41 Å². The summed E-state index contributed by atoms with van der Waals surface area (Å²) < 4.78 is 5.52. The van der Waals surface area contributed by atoms with E-state index in [0.717, 1.165) is 41.0 Å². The van der Waals surface area contributed by atoms with Crippen molar-refractivity contribution in [3.63, 3.8) is 0 Å². The summed E-state index contributed by atoms with van der Waals surface area (Å²) >= 11 is 1.62. The van der Waals surface area contributed by atoms with Gasteiger partial charge in [-0.05, 0) is 43.4 Å². The summed E-state index contributed by atoms with van der Waals surface area (Å²) in [6.45, 7) is 5.02. The van der Waals surface area contributed by atoms with E-state index in [1.165, 1.54) is 4.88 Å². The van der Waals surface area contributed by atoms with Crippen molar-refractivity contribution >= 4 is 17.3 Å². The van der Waals surface area contributed by atoms with E-state index in [2.05, 4.69) is 19.2 Å². The first-order valence-electron chi connectivity index (χ1n) is 7.52. The summed E-state index contributed by atoms with van der Waals surface area (Å²) in [5.41, 5.74) is 2.58. The lowest BCUT2D eigenvalue weighted by molar-refractivity contribution is 0.0696. The number of fused-ring (bicyclic) bond motifs is 1. The zero-order valence-corrected chi connectivity index (χ0v) is 14.0. The van der Waals surface area contributed by atoms with Gasteiger partial charge in [0, 0.05) is 10.4 Å². The second-order valence-electron chi connectivity index (χ2n) is 6.64. The Bertz CT molecular complexity index is 712. The Morgan fingerprint density at radius 1 is 1.50 bits per heavy atom. The van der Waals surface area contributed by atoms with Crippen molar-refractivity contribution in [2.45, 2.75) is 39.7 Å². The van der Waals surface area contributed by atoms with E-state index >= 15 is 0 Å². The van der Waals surface area contributed by atoms with E-state index in [1.54, 1.807) is 17.6 Å². The number of nitrogens with one attached hydrogen (secondary N) is 1.